The molecule has 0 bridgehead atoms. The number of benzene rings is 1. The number of hydrogen-bond acceptors (Lipinski definition) is 4. The van der Waals surface area contributed by atoms with E-state index in [2.05, 4.69) is 39.8 Å². The lowest BCUT2D eigenvalue weighted by Gasteiger charge is -2.21. The largest absolute Gasteiger partial charge is 0.493 e. The molecule has 20 heavy (non-hydrogen) atoms. The Balaban J connectivity index is 2.11. The summed E-state index contributed by atoms with van der Waals surface area (Å²) in [6.07, 6.45) is 0.992. The molecule has 104 valence electrons. The van der Waals surface area contributed by atoms with Crippen LogP contribution in [0, 0.1) is 13.8 Å². The normalized spacial score (nSPS) is 14.8. The van der Waals surface area contributed by atoms with Crippen molar-refractivity contribution in [3.05, 3.63) is 52.3 Å². The average molecular weight is 269 g/mol. The van der Waals surface area contributed by atoms with Gasteiger partial charge in [0, 0.05) is 12.0 Å². The van der Waals surface area contributed by atoms with Crippen molar-refractivity contribution >= 4 is 0 Å². The van der Waals surface area contributed by atoms with E-state index in [4.69, 9.17) is 4.74 Å². The SMILES string of the molecule is CNC(c1cc(C)nnc1C)c1cccc2c1OCC2. The average Bonchev–Trinajstić information content (AvgIpc) is 2.92. The second-order valence-electron chi connectivity index (χ2n) is 5.18. The van der Waals surface area contributed by atoms with Crippen molar-refractivity contribution in [3.8, 4) is 5.75 Å². The molecule has 1 aromatic heterocycles. The highest BCUT2D eigenvalue weighted by atomic mass is 16.5. The topological polar surface area (TPSA) is 47.0 Å². The summed E-state index contributed by atoms with van der Waals surface area (Å²) in [5, 5.41) is 11.7. The molecule has 1 aliphatic rings. The van der Waals surface area contributed by atoms with E-state index in [9.17, 15) is 0 Å². The fourth-order valence-corrected chi connectivity index (χ4v) is 2.81. The van der Waals surface area contributed by atoms with Gasteiger partial charge in [0.15, 0.2) is 0 Å². The summed E-state index contributed by atoms with van der Waals surface area (Å²) in [5.74, 6) is 1.03. The summed E-state index contributed by atoms with van der Waals surface area (Å²) >= 11 is 0. The Morgan fingerprint density at radius 3 is 2.85 bits per heavy atom. The molecule has 0 radical (unpaired) electrons. The predicted octanol–water partition coefficient (Wildman–Crippen LogP) is 2.34. The molecule has 0 aliphatic carbocycles. The van der Waals surface area contributed by atoms with Crippen molar-refractivity contribution in [2.24, 2.45) is 0 Å². The first-order valence-corrected chi connectivity index (χ1v) is 6.93. The lowest BCUT2D eigenvalue weighted by Crippen LogP contribution is -2.20. The highest BCUT2D eigenvalue weighted by Gasteiger charge is 2.24. The Kier molecular flexibility index (Phi) is 3.40. The van der Waals surface area contributed by atoms with Gasteiger partial charge in [0.1, 0.15) is 5.75 Å². The van der Waals surface area contributed by atoms with Crippen LogP contribution in [-0.4, -0.2) is 23.9 Å². The molecule has 1 atom stereocenters. The first-order valence-electron chi connectivity index (χ1n) is 6.93. The van der Waals surface area contributed by atoms with Gasteiger partial charge in [-0.15, -0.1) is 0 Å². The molecule has 1 N–H and O–H groups in total. The molecule has 1 unspecified atom stereocenters. The molecule has 0 saturated carbocycles. The van der Waals surface area contributed by atoms with Gasteiger partial charge >= 0.3 is 0 Å². The molecule has 4 nitrogen and oxygen atoms in total. The van der Waals surface area contributed by atoms with Gasteiger partial charge in [-0.25, -0.2) is 0 Å². The third-order valence-corrected chi connectivity index (χ3v) is 3.80. The van der Waals surface area contributed by atoms with Crippen molar-refractivity contribution in [2.45, 2.75) is 26.3 Å². The van der Waals surface area contributed by atoms with Gasteiger partial charge in [0.2, 0.25) is 0 Å². The number of nitrogens with one attached hydrogen (secondary N) is 1. The van der Waals surface area contributed by atoms with E-state index in [0.717, 1.165) is 35.7 Å². The van der Waals surface area contributed by atoms with Gasteiger partial charge in [-0.3, -0.25) is 0 Å². The molecule has 4 heteroatoms. The standard InChI is InChI=1S/C16H19N3O/c1-10-9-14(11(2)19-18-10)15(17-3)13-6-4-5-12-7-8-20-16(12)13/h4-6,9,15,17H,7-8H2,1-3H3. The zero-order valence-corrected chi connectivity index (χ0v) is 12.1. The van der Waals surface area contributed by atoms with E-state index in [0.29, 0.717) is 0 Å². The molecular weight excluding hydrogens is 250 g/mol. The third kappa shape index (κ3) is 2.16. The van der Waals surface area contributed by atoms with Crippen LogP contribution < -0.4 is 10.1 Å². The van der Waals surface area contributed by atoms with Crippen molar-refractivity contribution in [3.63, 3.8) is 0 Å². The lowest BCUT2D eigenvalue weighted by atomic mass is 9.95. The van der Waals surface area contributed by atoms with E-state index in [1.807, 2.05) is 20.9 Å². The van der Waals surface area contributed by atoms with Crippen LogP contribution in [0.25, 0.3) is 0 Å². The van der Waals surface area contributed by atoms with Gasteiger partial charge in [0.05, 0.1) is 24.0 Å². The highest BCUT2D eigenvalue weighted by Crippen LogP contribution is 2.36. The van der Waals surface area contributed by atoms with Crippen LogP contribution in [-0.2, 0) is 6.42 Å². The number of nitrogens with zero attached hydrogens (tertiary/aromatic N) is 2. The summed E-state index contributed by atoms with van der Waals surface area (Å²) in [7, 11) is 1.97. The molecule has 0 saturated heterocycles. The minimum absolute atomic E-state index is 0.0808. The van der Waals surface area contributed by atoms with E-state index in [1.165, 1.54) is 11.1 Å². The van der Waals surface area contributed by atoms with Gasteiger partial charge in [0.25, 0.3) is 0 Å². The summed E-state index contributed by atoms with van der Waals surface area (Å²) in [4.78, 5) is 0. The fraction of sp³-hybridized carbons (Fsp3) is 0.375. The number of ether oxygens (including phenoxy) is 1. The monoisotopic (exact) mass is 269 g/mol. The van der Waals surface area contributed by atoms with Crippen LogP contribution in [0.3, 0.4) is 0 Å². The van der Waals surface area contributed by atoms with Crippen LogP contribution in [0.15, 0.2) is 24.3 Å². The predicted molar refractivity (Wildman–Crippen MR) is 78.0 cm³/mol. The molecule has 0 amide bonds. The fourth-order valence-electron chi connectivity index (χ4n) is 2.81. The van der Waals surface area contributed by atoms with Crippen molar-refractivity contribution in [1.82, 2.24) is 15.5 Å². The quantitative estimate of drug-likeness (QED) is 0.929. The zero-order valence-electron chi connectivity index (χ0n) is 12.1. The molecule has 2 heterocycles. The molecular formula is C16H19N3O. The van der Waals surface area contributed by atoms with Crippen molar-refractivity contribution in [1.29, 1.82) is 0 Å². The Hall–Kier alpha value is -1.94. The molecule has 0 fully saturated rings. The van der Waals surface area contributed by atoms with E-state index in [-0.39, 0.29) is 6.04 Å². The summed E-state index contributed by atoms with van der Waals surface area (Å²) in [5.41, 5.74) is 5.51. The molecule has 2 aromatic rings. The number of hydrogen-bond donors (Lipinski definition) is 1. The Bertz CT molecular complexity index is 640. The second kappa shape index (κ2) is 5.21. The van der Waals surface area contributed by atoms with Crippen LogP contribution >= 0.6 is 0 Å². The number of fused-ring (bicyclic) bond motifs is 1. The maximum Gasteiger partial charge on any atom is 0.127 e. The Morgan fingerprint density at radius 1 is 1.20 bits per heavy atom. The molecule has 1 aromatic carbocycles. The van der Waals surface area contributed by atoms with Crippen LogP contribution in [0.1, 0.15) is 34.1 Å². The number of rotatable bonds is 3. The van der Waals surface area contributed by atoms with Crippen LogP contribution in [0.5, 0.6) is 5.75 Å². The Morgan fingerprint density at radius 2 is 2.05 bits per heavy atom. The molecule has 0 spiro atoms. The third-order valence-electron chi connectivity index (χ3n) is 3.80. The van der Waals surface area contributed by atoms with Crippen molar-refractivity contribution in [2.75, 3.05) is 13.7 Å². The second-order valence-corrected chi connectivity index (χ2v) is 5.18. The zero-order chi connectivity index (χ0) is 14.1. The lowest BCUT2D eigenvalue weighted by molar-refractivity contribution is 0.351. The molecule has 1 aliphatic heterocycles. The van der Waals surface area contributed by atoms with E-state index < -0.39 is 0 Å². The summed E-state index contributed by atoms with van der Waals surface area (Å²) in [6, 6.07) is 8.54. The number of aromatic nitrogens is 2. The summed E-state index contributed by atoms with van der Waals surface area (Å²) < 4.78 is 5.83. The number of aryl methyl sites for hydroxylation is 2. The number of para-hydroxylation sites is 1. The molecule has 3 rings (SSSR count). The van der Waals surface area contributed by atoms with Gasteiger partial charge in [-0.2, -0.15) is 10.2 Å². The maximum atomic E-state index is 5.83. The minimum Gasteiger partial charge on any atom is -0.493 e. The smallest absolute Gasteiger partial charge is 0.127 e. The van der Waals surface area contributed by atoms with Gasteiger partial charge < -0.3 is 10.1 Å². The first kappa shape index (κ1) is 13.1. The summed E-state index contributed by atoms with van der Waals surface area (Å²) in [6.45, 7) is 4.74. The van der Waals surface area contributed by atoms with Gasteiger partial charge in [-0.1, -0.05) is 18.2 Å². The van der Waals surface area contributed by atoms with Crippen molar-refractivity contribution < 1.29 is 4.74 Å². The highest BCUT2D eigenvalue weighted by molar-refractivity contribution is 5.49. The van der Waals surface area contributed by atoms with E-state index >= 15 is 0 Å². The van der Waals surface area contributed by atoms with Crippen LogP contribution in [0.2, 0.25) is 0 Å². The first-order chi connectivity index (χ1) is 9.70. The van der Waals surface area contributed by atoms with Gasteiger partial charge in [-0.05, 0) is 38.1 Å². The van der Waals surface area contributed by atoms with E-state index in [1.54, 1.807) is 0 Å². The van der Waals surface area contributed by atoms with Crippen LogP contribution in [0.4, 0.5) is 0 Å². The minimum atomic E-state index is 0.0808. The maximum absolute atomic E-state index is 5.83. The Labute approximate surface area is 119 Å².